The van der Waals surface area contributed by atoms with E-state index in [0.29, 0.717) is 16.6 Å². The van der Waals surface area contributed by atoms with Crippen molar-refractivity contribution in [1.82, 2.24) is 0 Å². The van der Waals surface area contributed by atoms with Gasteiger partial charge < -0.3 is 19.0 Å². The van der Waals surface area contributed by atoms with Gasteiger partial charge in [-0.25, -0.2) is 9.59 Å². The number of anilines is 1. The largest absolute Gasteiger partial charge is 0.504 e. The van der Waals surface area contributed by atoms with Crippen LogP contribution in [0.5, 0.6) is 5.75 Å². The van der Waals surface area contributed by atoms with Gasteiger partial charge in [-0.3, -0.25) is 9.08 Å². The maximum absolute atomic E-state index is 12.2. The summed E-state index contributed by atoms with van der Waals surface area (Å²) in [6, 6.07) is 2.65. The number of benzene rings is 1. The minimum absolute atomic E-state index is 0.0129. The van der Waals surface area contributed by atoms with Gasteiger partial charge in [-0.2, -0.15) is 8.42 Å². The monoisotopic (exact) mass is 399 g/mol. The Bertz CT molecular complexity index is 1020. The molecule has 1 atom stereocenters. The van der Waals surface area contributed by atoms with Crippen LogP contribution < -0.4 is 4.90 Å². The van der Waals surface area contributed by atoms with Gasteiger partial charge in [-0.05, 0) is 11.6 Å². The molecule has 2 heterocycles. The number of furan rings is 1. The predicted octanol–water partition coefficient (Wildman–Crippen LogP) is 1.40. The molecule has 1 aromatic heterocycles. The molecule has 0 bridgehead atoms. The summed E-state index contributed by atoms with van der Waals surface area (Å²) in [7, 11) is -1.43. The molecule has 0 saturated heterocycles. The van der Waals surface area contributed by atoms with E-state index in [1.54, 1.807) is 0 Å². The SMILES string of the molecule is COC(=O)c1cc2c3c(cc(O)c2o1)N(C(=O)OC)CC(OS(C)(=O)=O)C3. The standard InChI is InChI=1S/C16H17NO9S/c1-23-15(19)13-5-10-9-4-8(26-27(3,21)22)7-17(16(20)24-2)11(9)6-12(18)14(10)25-13/h5-6,8,18H,4,7H2,1-3H3. The highest BCUT2D eigenvalue weighted by Crippen LogP contribution is 2.41. The van der Waals surface area contributed by atoms with Crippen LogP contribution in [-0.2, 0) is 30.2 Å². The van der Waals surface area contributed by atoms with E-state index in [-0.39, 0.29) is 30.1 Å². The minimum atomic E-state index is -3.78. The predicted molar refractivity (Wildman–Crippen MR) is 92.4 cm³/mol. The van der Waals surface area contributed by atoms with Crippen LogP contribution in [-0.4, -0.2) is 58.7 Å². The molecule has 1 amide bonds. The van der Waals surface area contributed by atoms with Crippen molar-refractivity contribution in [2.75, 3.05) is 31.9 Å². The van der Waals surface area contributed by atoms with Gasteiger partial charge in [0, 0.05) is 17.9 Å². The van der Waals surface area contributed by atoms with Crippen molar-refractivity contribution in [1.29, 1.82) is 0 Å². The summed E-state index contributed by atoms with van der Waals surface area (Å²) in [5.74, 6) is -1.19. The highest BCUT2D eigenvalue weighted by molar-refractivity contribution is 7.86. The number of fused-ring (bicyclic) bond motifs is 3. The van der Waals surface area contributed by atoms with Crippen LogP contribution in [0.25, 0.3) is 11.0 Å². The second-order valence-electron chi connectivity index (χ2n) is 5.95. The van der Waals surface area contributed by atoms with E-state index in [2.05, 4.69) is 4.74 Å². The molecule has 2 aromatic rings. The number of ether oxygens (including phenoxy) is 2. The van der Waals surface area contributed by atoms with Crippen molar-refractivity contribution < 1.29 is 41.2 Å². The fraction of sp³-hybridized carbons (Fsp3) is 0.375. The van der Waals surface area contributed by atoms with Gasteiger partial charge in [0.2, 0.25) is 5.76 Å². The summed E-state index contributed by atoms with van der Waals surface area (Å²) in [4.78, 5) is 25.1. The van der Waals surface area contributed by atoms with Crippen molar-refractivity contribution in [3.05, 3.63) is 23.5 Å². The van der Waals surface area contributed by atoms with E-state index < -0.39 is 28.3 Å². The average molecular weight is 399 g/mol. The Labute approximate surface area is 154 Å². The van der Waals surface area contributed by atoms with Crippen molar-refractivity contribution in [2.45, 2.75) is 12.5 Å². The van der Waals surface area contributed by atoms with Gasteiger partial charge in [0.15, 0.2) is 11.3 Å². The number of aromatic hydroxyl groups is 1. The number of esters is 1. The molecular formula is C16H17NO9S. The average Bonchev–Trinajstić information content (AvgIpc) is 3.05. The first-order chi connectivity index (χ1) is 12.6. The zero-order valence-corrected chi connectivity index (χ0v) is 15.5. The maximum atomic E-state index is 12.2. The Kier molecular flexibility index (Phi) is 4.74. The molecule has 27 heavy (non-hydrogen) atoms. The Morgan fingerprint density at radius 2 is 1.96 bits per heavy atom. The summed E-state index contributed by atoms with van der Waals surface area (Å²) in [5.41, 5.74) is 0.781. The molecule has 1 aliphatic heterocycles. The van der Waals surface area contributed by atoms with E-state index in [9.17, 15) is 23.1 Å². The molecule has 0 saturated carbocycles. The number of hydrogen-bond acceptors (Lipinski definition) is 9. The molecule has 0 radical (unpaired) electrons. The molecule has 0 fully saturated rings. The van der Waals surface area contributed by atoms with Crippen LogP contribution in [0.3, 0.4) is 0 Å². The second kappa shape index (κ2) is 6.74. The number of hydrogen-bond donors (Lipinski definition) is 1. The molecular weight excluding hydrogens is 382 g/mol. The number of phenols is 1. The van der Waals surface area contributed by atoms with E-state index in [0.717, 1.165) is 11.2 Å². The fourth-order valence-corrected chi connectivity index (χ4v) is 3.69. The summed E-state index contributed by atoms with van der Waals surface area (Å²) < 4.78 is 42.8. The highest BCUT2D eigenvalue weighted by atomic mass is 32.2. The second-order valence-corrected chi connectivity index (χ2v) is 7.55. The normalized spacial score (nSPS) is 16.9. The number of nitrogens with zero attached hydrogens (tertiary/aromatic N) is 1. The summed E-state index contributed by atoms with van der Waals surface area (Å²) >= 11 is 0. The van der Waals surface area contributed by atoms with Crippen molar-refractivity contribution in [3.63, 3.8) is 0 Å². The third-order valence-corrected chi connectivity index (χ3v) is 4.70. The van der Waals surface area contributed by atoms with Gasteiger partial charge >= 0.3 is 12.1 Å². The van der Waals surface area contributed by atoms with Gasteiger partial charge in [0.25, 0.3) is 10.1 Å². The molecule has 1 unspecified atom stereocenters. The van der Waals surface area contributed by atoms with E-state index >= 15 is 0 Å². The number of phenolic OH excluding ortho intramolecular Hbond substituents is 1. The lowest BCUT2D eigenvalue weighted by molar-refractivity contribution is 0.0567. The van der Waals surface area contributed by atoms with Gasteiger partial charge in [-0.1, -0.05) is 0 Å². The third kappa shape index (κ3) is 3.55. The van der Waals surface area contributed by atoms with Crippen LogP contribution in [0.4, 0.5) is 10.5 Å². The van der Waals surface area contributed by atoms with E-state index in [1.807, 2.05) is 0 Å². The number of amides is 1. The lowest BCUT2D eigenvalue weighted by Gasteiger charge is -2.33. The van der Waals surface area contributed by atoms with Gasteiger partial charge in [-0.15, -0.1) is 0 Å². The maximum Gasteiger partial charge on any atom is 0.414 e. The van der Waals surface area contributed by atoms with Crippen molar-refractivity contribution >= 4 is 38.8 Å². The number of methoxy groups -OCH3 is 2. The smallest absolute Gasteiger partial charge is 0.414 e. The molecule has 1 aromatic carbocycles. The first-order valence-corrected chi connectivity index (χ1v) is 9.56. The van der Waals surface area contributed by atoms with Crippen LogP contribution in [0.1, 0.15) is 16.1 Å². The molecule has 0 spiro atoms. The number of rotatable bonds is 3. The van der Waals surface area contributed by atoms with Gasteiger partial charge in [0.1, 0.15) is 0 Å². The third-order valence-electron chi connectivity index (χ3n) is 4.07. The summed E-state index contributed by atoms with van der Waals surface area (Å²) in [5, 5.41) is 10.6. The molecule has 146 valence electrons. The Morgan fingerprint density at radius 3 is 2.56 bits per heavy atom. The van der Waals surface area contributed by atoms with Gasteiger partial charge in [0.05, 0.1) is 38.8 Å². The Balaban J connectivity index is 2.19. The zero-order valence-electron chi connectivity index (χ0n) is 14.7. The summed E-state index contributed by atoms with van der Waals surface area (Å²) in [6.07, 6.45) is -0.624. The molecule has 11 heteroatoms. The van der Waals surface area contributed by atoms with Crippen molar-refractivity contribution in [3.8, 4) is 5.75 Å². The molecule has 1 aliphatic rings. The lowest BCUT2D eigenvalue weighted by Crippen LogP contribution is -2.44. The molecule has 3 rings (SSSR count). The van der Waals surface area contributed by atoms with Crippen LogP contribution in [0.15, 0.2) is 16.5 Å². The molecule has 10 nitrogen and oxygen atoms in total. The topological polar surface area (TPSA) is 133 Å². The Hall–Kier alpha value is -2.79. The first kappa shape index (κ1) is 19.0. The van der Waals surface area contributed by atoms with Crippen LogP contribution >= 0.6 is 0 Å². The summed E-state index contributed by atoms with van der Waals surface area (Å²) in [6.45, 7) is -0.0978. The zero-order chi connectivity index (χ0) is 19.9. The van der Waals surface area contributed by atoms with Crippen LogP contribution in [0.2, 0.25) is 0 Å². The highest BCUT2D eigenvalue weighted by Gasteiger charge is 2.34. The first-order valence-electron chi connectivity index (χ1n) is 7.75. The Morgan fingerprint density at radius 1 is 1.26 bits per heavy atom. The van der Waals surface area contributed by atoms with Crippen LogP contribution in [0, 0.1) is 0 Å². The fourth-order valence-electron chi connectivity index (χ4n) is 3.07. The molecule has 1 N–H and O–H groups in total. The number of carbonyl (C=O) groups is 2. The number of carbonyl (C=O) groups excluding carboxylic acids is 2. The quantitative estimate of drug-likeness (QED) is 0.600. The van der Waals surface area contributed by atoms with E-state index in [1.165, 1.54) is 26.4 Å². The minimum Gasteiger partial charge on any atom is -0.504 e. The molecule has 0 aliphatic carbocycles. The lowest BCUT2D eigenvalue weighted by atomic mass is 9.96. The van der Waals surface area contributed by atoms with Crippen molar-refractivity contribution in [2.24, 2.45) is 0 Å². The van der Waals surface area contributed by atoms with E-state index in [4.69, 9.17) is 13.3 Å².